The molecule has 3 heteroatoms. The van der Waals surface area contributed by atoms with Gasteiger partial charge in [0, 0.05) is 25.1 Å². The first-order valence-corrected chi connectivity index (χ1v) is 8.90. The van der Waals surface area contributed by atoms with Crippen molar-refractivity contribution in [2.75, 3.05) is 19.6 Å². The van der Waals surface area contributed by atoms with E-state index in [9.17, 15) is 4.79 Å². The number of Topliss-reactive ketones (excluding diaryl/α,β-unsaturated/α-hetero) is 1. The number of rotatable bonds is 6. The van der Waals surface area contributed by atoms with Gasteiger partial charge < -0.3 is 9.64 Å². The largest absolute Gasteiger partial charge is 0.491 e. The molecule has 0 bridgehead atoms. The van der Waals surface area contributed by atoms with Crippen LogP contribution in [-0.2, 0) is 0 Å². The van der Waals surface area contributed by atoms with E-state index in [1.165, 1.54) is 12.8 Å². The molecule has 3 nitrogen and oxygen atoms in total. The van der Waals surface area contributed by atoms with E-state index in [2.05, 4.69) is 11.8 Å². The fourth-order valence-electron chi connectivity index (χ4n) is 3.36. The van der Waals surface area contributed by atoms with Gasteiger partial charge in [0.05, 0.1) is 6.10 Å². The van der Waals surface area contributed by atoms with Gasteiger partial charge in [-0.05, 0) is 76.3 Å². The second kappa shape index (κ2) is 7.96. The zero-order valence-electron chi connectivity index (χ0n) is 15.3. The fraction of sp³-hybridized carbons (Fsp3) is 0.650. The van der Waals surface area contributed by atoms with E-state index in [1.54, 1.807) is 0 Å². The van der Waals surface area contributed by atoms with Crippen LogP contribution in [0.4, 0.5) is 0 Å². The predicted molar refractivity (Wildman–Crippen MR) is 95.5 cm³/mol. The summed E-state index contributed by atoms with van der Waals surface area (Å²) in [6.45, 7) is 13.5. The fourth-order valence-corrected chi connectivity index (χ4v) is 3.36. The highest BCUT2D eigenvalue weighted by molar-refractivity contribution is 5.98. The Hall–Kier alpha value is -1.35. The lowest BCUT2D eigenvalue weighted by Gasteiger charge is -2.30. The average molecular weight is 317 g/mol. The van der Waals surface area contributed by atoms with Crippen molar-refractivity contribution in [2.45, 2.75) is 60.0 Å². The van der Waals surface area contributed by atoms with Crippen LogP contribution >= 0.6 is 0 Å². The second-order valence-electron chi connectivity index (χ2n) is 7.32. The highest BCUT2D eigenvalue weighted by Crippen LogP contribution is 2.25. The molecule has 1 aliphatic heterocycles. The van der Waals surface area contributed by atoms with E-state index in [-0.39, 0.29) is 11.9 Å². The first-order chi connectivity index (χ1) is 10.9. The van der Waals surface area contributed by atoms with E-state index in [4.69, 9.17) is 4.74 Å². The molecule has 128 valence electrons. The summed E-state index contributed by atoms with van der Waals surface area (Å²) in [6.07, 6.45) is 3.34. The molecule has 1 aromatic carbocycles. The Morgan fingerprint density at radius 1 is 1.30 bits per heavy atom. The van der Waals surface area contributed by atoms with Crippen molar-refractivity contribution in [2.24, 2.45) is 5.92 Å². The molecule has 1 fully saturated rings. The number of piperidine rings is 1. The SMILES string of the molecule is Cc1cc(C(=O)CCN2CCCC(C)C2)c(C)cc1OC(C)C. The Kier molecular flexibility index (Phi) is 6.23. The lowest BCUT2D eigenvalue weighted by Crippen LogP contribution is -2.35. The van der Waals surface area contributed by atoms with Gasteiger partial charge in [0.1, 0.15) is 5.75 Å². The molecule has 1 unspecified atom stereocenters. The molecule has 1 aromatic rings. The van der Waals surface area contributed by atoms with Gasteiger partial charge in [0.15, 0.2) is 5.78 Å². The first-order valence-electron chi connectivity index (χ1n) is 8.90. The van der Waals surface area contributed by atoms with E-state index >= 15 is 0 Å². The van der Waals surface area contributed by atoms with Crippen molar-refractivity contribution >= 4 is 5.78 Å². The number of carbonyl (C=O) groups is 1. The maximum atomic E-state index is 12.6. The number of hydrogen-bond acceptors (Lipinski definition) is 3. The summed E-state index contributed by atoms with van der Waals surface area (Å²) in [6, 6.07) is 4.00. The maximum absolute atomic E-state index is 12.6. The van der Waals surface area contributed by atoms with Gasteiger partial charge in [-0.2, -0.15) is 0 Å². The second-order valence-corrected chi connectivity index (χ2v) is 7.32. The standard InChI is InChI=1S/C20H31NO2/c1-14(2)23-20-12-16(4)18(11-17(20)5)19(22)8-10-21-9-6-7-15(3)13-21/h11-12,14-15H,6-10,13H2,1-5H3. The zero-order valence-corrected chi connectivity index (χ0v) is 15.3. The molecule has 0 radical (unpaired) electrons. The van der Waals surface area contributed by atoms with Crippen molar-refractivity contribution in [1.29, 1.82) is 0 Å². The molecule has 2 rings (SSSR count). The van der Waals surface area contributed by atoms with E-state index in [0.29, 0.717) is 6.42 Å². The van der Waals surface area contributed by atoms with Gasteiger partial charge in [-0.25, -0.2) is 0 Å². The van der Waals surface area contributed by atoms with Crippen LogP contribution in [0.5, 0.6) is 5.75 Å². The monoisotopic (exact) mass is 317 g/mol. The molecule has 0 saturated carbocycles. The number of ether oxygens (including phenoxy) is 1. The number of hydrogen-bond donors (Lipinski definition) is 0. The Labute approximate surface area is 141 Å². The van der Waals surface area contributed by atoms with Gasteiger partial charge in [-0.3, -0.25) is 4.79 Å². The van der Waals surface area contributed by atoms with Gasteiger partial charge in [-0.1, -0.05) is 6.92 Å². The number of likely N-dealkylation sites (tertiary alicyclic amines) is 1. The number of ketones is 1. The van der Waals surface area contributed by atoms with Gasteiger partial charge >= 0.3 is 0 Å². The van der Waals surface area contributed by atoms with Crippen LogP contribution in [0.3, 0.4) is 0 Å². The molecule has 23 heavy (non-hydrogen) atoms. The number of nitrogens with zero attached hydrogens (tertiary/aromatic N) is 1. The Bertz CT molecular complexity index is 551. The van der Waals surface area contributed by atoms with Crippen LogP contribution < -0.4 is 4.74 Å². The summed E-state index contributed by atoms with van der Waals surface area (Å²) in [4.78, 5) is 15.0. The van der Waals surface area contributed by atoms with Gasteiger partial charge in [-0.15, -0.1) is 0 Å². The molecule has 0 amide bonds. The summed E-state index contributed by atoms with van der Waals surface area (Å²) in [5.41, 5.74) is 2.91. The smallest absolute Gasteiger partial charge is 0.164 e. The topological polar surface area (TPSA) is 29.5 Å². The van der Waals surface area contributed by atoms with Crippen LogP contribution in [-0.4, -0.2) is 36.4 Å². The summed E-state index contributed by atoms with van der Waals surface area (Å²) in [5, 5.41) is 0. The van der Waals surface area contributed by atoms with Gasteiger partial charge in [0.2, 0.25) is 0 Å². The van der Waals surface area contributed by atoms with Crippen LogP contribution in [0.15, 0.2) is 12.1 Å². The third-order valence-electron chi connectivity index (χ3n) is 4.58. The third-order valence-corrected chi connectivity index (χ3v) is 4.58. The molecule has 1 saturated heterocycles. The molecular formula is C20H31NO2. The zero-order chi connectivity index (χ0) is 17.0. The minimum atomic E-state index is 0.149. The number of benzene rings is 1. The minimum absolute atomic E-state index is 0.149. The number of carbonyl (C=O) groups excluding carboxylic acids is 1. The maximum Gasteiger partial charge on any atom is 0.164 e. The Morgan fingerprint density at radius 2 is 2.04 bits per heavy atom. The van der Waals surface area contributed by atoms with Crippen LogP contribution in [0.1, 0.15) is 61.5 Å². The minimum Gasteiger partial charge on any atom is -0.491 e. The molecule has 1 aliphatic rings. The molecular weight excluding hydrogens is 286 g/mol. The molecule has 0 aliphatic carbocycles. The highest BCUT2D eigenvalue weighted by atomic mass is 16.5. The third kappa shape index (κ3) is 5.07. The quantitative estimate of drug-likeness (QED) is 0.729. The van der Waals surface area contributed by atoms with Gasteiger partial charge in [0.25, 0.3) is 0 Å². The van der Waals surface area contributed by atoms with E-state index in [1.807, 2.05) is 39.8 Å². The van der Waals surface area contributed by atoms with Crippen LogP contribution in [0.25, 0.3) is 0 Å². The molecule has 1 atom stereocenters. The summed E-state index contributed by atoms with van der Waals surface area (Å²) in [5.74, 6) is 1.90. The van der Waals surface area contributed by atoms with Crippen LogP contribution in [0, 0.1) is 19.8 Å². The molecule has 0 aromatic heterocycles. The summed E-state index contributed by atoms with van der Waals surface area (Å²) >= 11 is 0. The normalized spacial score (nSPS) is 19.1. The van der Waals surface area contributed by atoms with Crippen LogP contribution in [0.2, 0.25) is 0 Å². The van der Waals surface area contributed by atoms with E-state index in [0.717, 1.165) is 48.0 Å². The Morgan fingerprint density at radius 3 is 2.70 bits per heavy atom. The molecule has 0 spiro atoms. The van der Waals surface area contributed by atoms with Crippen molar-refractivity contribution in [1.82, 2.24) is 4.90 Å². The highest BCUT2D eigenvalue weighted by Gasteiger charge is 2.18. The number of aryl methyl sites for hydroxylation is 2. The van der Waals surface area contributed by atoms with Crippen molar-refractivity contribution in [3.63, 3.8) is 0 Å². The summed E-state index contributed by atoms with van der Waals surface area (Å²) < 4.78 is 5.81. The lowest BCUT2D eigenvalue weighted by atomic mass is 9.97. The van der Waals surface area contributed by atoms with Crippen molar-refractivity contribution in [3.05, 3.63) is 28.8 Å². The average Bonchev–Trinajstić information content (AvgIpc) is 2.48. The van der Waals surface area contributed by atoms with Crippen molar-refractivity contribution in [3.8, 4) is 5.75 Å². The Balaban J connectivity index is 2.00. The predicted octanol–water partition coefficient (Wildman–Crippen LogP) is 4.40. The molecule has 1 heterocycles. The molecule has 0 N–H and O–H groups in total. The summed E-state index contributed by atoms with van der Waals surface area (Å²) in [7, 11) is 0. The first kappa shape index (κ1) is 18.0. The van der Waals surface area contributed by atoms with Crippen molar-refractivity contribution < 1.29 is 9.53 Å². The lowest BCUT2D eigenvalue weighted by molar-refractivity contribution is 0.0948. The van der Waals surface area contributed by atoms with E-state index < -0.39 is 0 Å².